The van der Waals surface area contributed by atoms with Crippen LogP contribution in [0, 0.1) is 0 Å². The minimum Gasteiger partial charge on any atom is -0.456 e. The fraction of sp³-hybridized carbons (Fsp3) is 0. The summed E-state index contributed by atoms with van der Waals surface area (Å²) in [5.74, 6) is 1.85. The van der Waals surface area contributed by atoms with E-state index in [1.165, 1.54) is 59.8 Å². The number of rotatable bonds is 1. The fourth-order valence-corrected chi connectivity index (χ4v) is 5.75. The third-order valence-electron chi connectivity index (χ3n) is 7.41. The summed E-state index contributed by atoms with van der Waals surface area (Å²) in [7, 11) is 0. The Morgan fingerprint density at radius 2 is 1.17 bits per heavy atom. The van der Waals surface area contributed by atoms with Gasteiger partial charge in [-0.3, -0.25) is 0 Å². The van der Waals surface area contributed by atoms with Gasteiger partial charge in [-0.15, -0.1) is 0 Å². The van der Waals surface area contributed by atoms with Crippen molar-refractivity contribution in [2.75, 3.05) is 0 Å². The van der Waals surface area contributed by atoms with Gasteiger partial charge >= 0.3 is 0 Å². The normalized spacial score (nSPS) is 12.2. The molecule has 0 fully saturated rings. The number of para-hydroxylation sites is 1. The zero-order chi connectivity index (χ0) is 22.9. The van der Waals surface area contributed by atoms with Crippen molar-refractivity contribution in [2.24, 2.45) is 0 Å². The van der Waals surface area contributed by atoms with E-state index in [0.717, 1.165) is 17.1 Å². The Bertz CT molecular complexity index is 1980. The van der Waals surface area contributed by atoms with Crippen molar-refractivity contribution in [3.8, 4) is 33.8 Å². The van der Waals surface area contributed by atoms with Crippen LogP contribution in [0.25, 0.3) is 65.3 Å². The first-order valence-corrected chi connectivity index (χ1v) is 12.0. The summed E-state index contributed by atoms with van der Waals surface area (Å²) in [6, 6.07) is 43.8. The average Bonchev–Trinajstić information content (AvgIpc) is 2.92. The van der Waals surface area contributed by atoms with Crippen LogP contribution in [0.1, 0.15) is 0 Å². The molecule has 0 unspecified atom stereocenters. The van der Waals surface area contributed by atoms with Gasteiger partial charge in [0.25, 0.3) is 0 Å². The number of hydrogen-bond donors (Lipinski definition) is 0. The van der Waals surface area contributed by atoms with E-state index in [1.807, 2.05) is 12.1 Å². The lowest BCUT2D eigenvalue weighted by molar-refractivity contribution is 0.487. The van der Waals surface area contributed by atoms with E-state index in [2.05, 4.69) is 109 Å². The molecule has 1 heteroatoms. The van der Waals surface area contributed by atoms with Crippen LogP contribution in [0.15, 0.2) is 121 Å². The second-order valence-corrected chi connectivity index (χ2v) is 9.36. The smallest absolute Gasteiger partial charge is 0.135 e. The summed E-state index contributed by atoms with van der Waals surface area (Å²) < 4.78 is 6.29. The molecule has 8 rings (SSSR count). The number of fused-ring (bicyclic) bond motifs is 6. The molecule has 0 spiro atoms. The molecule has 7 aromatic carbocycles. The molecule has 0 atom stereocenters. The molecule has 0 bridgehead atoms. The first-order valence-electron chi connectivity index (χ1n) is 12.0. The highest BCUT2D eigenvalue weighted by Gasteiger charge is 2.21. The minimum absolute atomic E-state index is 0.922. The van der Waals surface area contributed by atoms with Gasteiger partial charge in [-0.25, -0.2) is 0 Å². The predicted molar refractivity (Wildman–Crippen MR) is 147 cm³/mol. The summed E-state index contributed by atoms with van der Waals surface area (Å²) in [5.41, 5.74) is 4.84. The van der Waals surface area contributed by atoms with E-state index >= 15 is 0 Å². The SMILES string of the molecule is c1ccc2c(c1)Oc1ccc(-c3ccc4cc5c(ccc6ccccc65)cc4c3)c3cccc-2c13. The molecule has 35 heavy (non-hydrogen) atoms. The van der Waals surface area contributed by atoms with Gasteiger partial charge < -0.3 is 4.74 Å². The van der Waals surface area contributed by atoms with E-state index in [0.29, 0.717) is 0 Å². The van der Waals surface area contributed by atoms with Gasteiger partial charge in [-0.1, -0.05) is 91.0 Å². The first kappa shape index (κ1) is 18.8. The minimum atomic E-state index is 0.922. The molecule has 0 radical (unpaired) electrons. The lowest BCUT2D eigenvalue weighted by Gasteiger charge is -2.22. The summed E-state index contributed by atoms with van der Waals surface area (Å²) in [6.07, 6.45) is 0. The summed E-state index contributed by atoms with van der Waals surface area (Å²) in [4.78, 5) is 0. The second kappa shape index (κ2) is 6.94. The van der Waals surface area contributed by atoms with E-state index < -0.39 is 0 Å². The number of ether oxygens (including phenoxy) is 1. The van der Waals surface area contributed by atoms with Gasteiger partial charge in [0.1, 0.15) is 11.5 Å². The fourth-order valence-electron chi connectivity index (χ4n) is 5.75. The van der Waals surface area contributed by atoms with Crippen molar-refractivity contribution in [2.45, 2.75) is 0 Å². The van der Waals surface area contributed by atoms with Gasteiger partial charge in [0.2, 0.25) is 0 Å². The predicted octanol–water partition coefficient (Wildman–Crippen LogP) is 9.74. The highest BCUT2D eigenvalue weighted by molar-refractivity contribution is 6.13. The largest absolute Gasteiger partial charge is 0.456 e. The lowest BCUT2D eigenvalue weighted by Crippen LogP contribution is -1.97. The Labute approximate surface area is 202 Å². The van der Waals surface area contributed by atoms with E-state index in [1.54, 1.807) is 0 Å². The van der Waals surface area contributed by atoms with E-state index in [4.69, 9.17) is 4.74 Å². The molecule has 162 valence electrons. The van der Waals surface area contributed by atoms with Gasteiger partial charge in [0, 0.05) is 10.9 Å². The van der Waals surface area contributed by atoms with Gasteiger partial charge in [0.15, 0.2) is 0 Å². The number of hydrogen-bond acceptors (Lipinski definition) is 1. The molecular weight excluding hydrogens is 424 g/mol. The molecule has 7 aromatic rings. The molecule has 0 saturated heterocycles. The Kier molecular flexibility index (Phi) is 3.72. The topological polar surface area (TPSA) is 9.23 Å². The zero-order valence-corrected chi connectivity index (χ0v) is 19.0. The van der Waals surface area contributed by atoms with Crippen LogP contribution in [-0.2, 0) is 0 Å². The Hall–Kier alpha value is -4.62. The van der Waals surface area contributed by atoms with Crippen LogP contribution in [0.2, 0.25) is 0 Å². The molecule has 1 aliphatic heterocycles. The maximum Gasteiger partial charge on any atom is 0.135 e. The molecular formula is C34H20O. The van der Waals surface area contributed by atoms with Gasteiger partial charge in [0.05, 0.1) is 0 Å². The van der Waals surface area contributed by atoms with Crippen molar-refractivity contribution in [3.05, 3.63) is 121 Å². The number of benzene rings is 7. The van der Waals surface area contributed by atoms with Crippen molar-refractivity contribution < 1.29 is 4.74 Å². The van der Waals surface area contributed by atoms with Crippen LogP contribution in [0.4, 0.5) is 0 Å². The highest BCUT2D eigenvalue weighted by Crippen LogP contribution is 2.48. The average molecular weight is 445 g/mol. The van der Waals surface area contributed by atoms with Crippen molar-refractivity contribution >= 4 is 43.1 Å². The third-order valence-corrected chi connectivity index (χ3v) is 7.41. The zero-order valence-electron chi connectivity index (χ0n) is 19.0. The van der Waals surface area contributed by atoms with Crippen LogP contribution in [-0.4, -0.2) is 0 Å². The lowest BCUT2D eigenvalue weighted by atomic mass is 9.89. The molecule has 0 aromatic heterocycles. The molecule has 1 heterocycles. The molecule has 0 saturated carbocycles. The summed E-state index contributed by atoms with van der Waals surface area (Å²) in [5, 5.41) is 10.1. The monoisotopic (exact) mass is 444 g/mol. The highest BCUT2D eigenvalue weighted by atomic mass is 16.5. The van der Waals surface area contributed by atoms with Crippen molar-refractivity contribution in [3.63, 3.8) is 0 Å². The van der Waals surface area contributed by atoms with Crippen LogP contribution >= 0.6 is 0 Å². The Morgan fingerprint density at radius 1 is 0.371 bits per heavy atom. The second-order valence-electron chi connectivity index (χ2n) is 9.36. The van der Waals surface area contributed by atoms with Crippen LogP contribution in [0.3, 0.4) is 0 Å². The summed E-state index contributed by atoms with van der Waals surface area (Å²) in [6.45, 7) is 0. The van der Waals surface area contributed by atoms with E-state index in [-0.39, 0.29) is 0 Å². The first-order chi connectivity index (χ1) is 17.3. The van der Waals surface area contributed by atoms with Crippen LogP contribution in [0.5, 0.6) is 11.5 Å². The maximum atomic E-state index is 6.29. The quantitative estimate of drug-likeness (QED) is 0.181. The third kappa shape index (κ3) is 2.70. The Morgan fingerprint density at radius 3 is 2.17 bits per heavy atom. The standard InChI is InChI=1S/C34H20O/c1-2-7-26-21(6-1)12-14-24-19-25-18-23(15-13-22(25)20-31(24)26)27-16-17-33-34-29(27)9-5-10-30(34)28-8-3-4-11-32(28)35-33/h1-20H. The molecule has 0 aliphatic carbocycles. The van der Waals surface area contributed by atoms with Crippen LogP contribution < -0.4 is 4.74 Å². The van der Waals surface area contributed by atoms with Crippen molar-refractivity contribution in [1.82, 2.24) is 0 Å². The van der Waals surface area contributed by atoms with Gasteiger partial charge in [-0.2, -0.15) is 0 Å². The molecule has 1 nitrogen and oxygen atoms in total. The molecule has 0 N–H and O–H groups in total. The summed E-state index contributed by atoms with van der Waals surface area (Å²) >= 11 is 0. The molecule has 0 amide bonds. The maximum absolute atomic E-state index is 6.29. The van der Waals surface area contributed by atoms with Crippen molar-refractivity contribution in [1.29, 1.82) is 0 Å². The van der Waals surface area contributed by atoms with E-state index in [9.17, 15) is 0 Å². The molecule has 1 aliphatic rings. The Balaban J connectivity index is 1.36. The van der Waals surface area contributed by atoms with Gasteiger partial charge in [-0.05, 0) is 84.7 Å².